The van der Waals surface area contributed by atoms with Crippen molar-refractivity contribution in [2.45, 2.75) is 16.7 Å². The number of sulfonamides is 2. The molecule has 0 fully saturated rings. The molecule has 0 aliphatic heterocycles. The van der Waals surface area contributed by atoms with E-state index in [-0.39, 0.29) is 21.0 Å². The summed E-state index contributed by atoms with van der Waals surface area (Å²) in [7, 11) is -6.55. The molecule has 1 amide bonds. The van der Waals surface area contributed by atoms with Crippen molar-refractivity contribution in [3.63, 3.8) is 0 Å². The van der Waals surface area contributed by atoms with Gasteiger partial charge in [0.25, 0.3) is 20.0 Å². The summed E-state index contributed by atoms with van der Waals surface area (Å²) < 4.78 is 59.2. The van der Waals surface area contributed by atoms with Crippen LogP contribution in [0.25, 0.3) is 10.9 Å². The lowest BCUT2D eigenvalue weighted by molar-refractivity contribution is -0.117. The van der Waals surface area contributed by atoms with E-state index in [2.05, 4.69) is 9.71 Å². The standard InChI is InChI=1S/C18H17N3O6S2/c1-12(22)20-28(23,24)14-7-5-13(6-8-14)21-29(25,26)17-10-9-16(27-2)15-4-3-11-19-18(15)17/h3-11,21H,1-2H3,(H,20,22). The second kappa shape index (κ2) is 7.68. The van der Waals surface area contributed by atoms with Crippen LogP contribution in [0.2, 0.25) is 0 Å². The number of hydrogen-bond acceptors (Lipinski definition) is 7. The Morgan fingerprint density at radius 3 is 2.28 bits per heavy atom. The van der Waals surface area contributed by atoms with E-state index in [0.717, 1.165) is 6.92 Å². The molecule has 9 nitrogen and oxygen atoms in total. The molecule has 0 bridgehead atoms. The van der Waals surface area contributed by atoms with Crippen molar-refractivity contribution in [3.05, 3.63) is 54.7 Å². The monoisotopic (exact) mass is 435 g/mol. The molecule has 0 radical (unpaired) electrons. The van der Waals surface area contributed by atoms with Gasteiger partial charge in [0.1, 0.15) is 10.6 Å². The number of rotatable bonds is 6. The van der Waals surface area contributed by atoms with Crippen molar-refractivity contribution in [1.29, 1.82) is 0 Å². The lowest BCUT2D eigenvalue weighted by atomic mass is 10.2. The molecule has 2 N–H and O–H groups in total. The van der Waals surface area contributed by atoms with Crippen LogP contribution in [0.15, 0.2) is 64.5 Å². The van der Waals surface area contributed by atoms with Gasteiger partial charge in [-0.1, -0.05) is 0 Å². The summed E-state index contributed by atoms with van der Waals surface area (Å²) in [6, 6.07) is 11.2. The second-order valence-corrected chi connectivity index (χ2v) is 9.29. The van der Waals surface area contributed by atoms with Gasteiger partial charge in [0.2, 0.25) is 5.91 Å². The van der Waals surface area contributed by atoms with Crippen LogP contribution in [-0.4, -0.2) is 34.8 Å². The minimum atomic E-state index is -4.02. The van der Waals surface area contributed by atoms with Crippen LogP contribution in [0.1, 0.15) is 6.92 Å². The molecule has 0 spiro atoms. The lowest BCUT2D eigenvalue weighted by Gasteiger charge is -2.12. The number of aromatic nitrogens is 1. The van der Waals surface area contributed by atoms with Crippen LogP contribution in [0.4, 0.5) is 5.69 Å². The first kappa shape index (κ1) is 20.6. The zero-order chi connectivity index (χ0) is 21.2. The maximum absolute atomic E-state index is 12.9. The minimum absolute atomic E-state index is 0.0520. The highest BCUT2D eigenvalue weighted by atomic mass is 32.2. The maximum Gasteiger partial charge on any atom is 0.264 e. The fourth-order valence-electron chi connectivity index (χ4n) is 2.68. The normalized spacial score (nSPS) is 11.8. The third kappa shape index (κ3) is 4.30. The van der Waals surface area contributed by atoms with E-state index in [4.69, 9.17) is 4.74 Å². The fraction of sp³-hybridized carbons (Fsp3) is 0.111. The van der Waals surface area contributed by atoms with Gasteiger partial charge in [0, 0.05) is 24.2 Å². The molecule has 2 aromatic carbocycles. The molecule has 0 saturated carbocycles. The number of carbonyl (C=O) groups is 1. The van der Waals surface area contributed by atoms with E-state index in [1.54, 1.807) is 12.1 Å². The zero-order valence-electron chi connectivity index (χ0n) is 15.4. The fourth-order valence-corrected chi connectivity index (χ4v) is 4.89. The van der Waals surface area contributed by atoms with Crippen molar-refractivity contribution in [2.75, 3.05) is 11.8 Å². The van der Waals surface area contributed by atoms with Crippen molar-refractivity contribution < 1.29 is 26.4 Å². The van der Waals surface area contributed by atoms with Gasteiger partial charge in [-0.3, -0.25) is 14.5 Å². The number of fused-ring (bicyclic) bond motifs is 1. The first-order valence-electron chi connectivity index (χ1n) is 8.22. The van der Waals surface area contributed by atoms with Gasteiger partial charge in [0.15, 0.2) is 0 Å². The summed E-state index contributed by atoms with van der Waals surface area (Å²) >= 11 is 0. The molecule has 0 aliphatic rings. The van der Waals surface area contributed by atoms with Crippen molar-refractivity contribution in [2.24, 2.45) is 0 Å². The van der Waals surface area contributed by atoms with Gasteiger partial charge >= 0.3 is 0 Å². The van der Waals surface area contributed by atoms with Crippen LogP contribution in [0.3, 0.4) is 0 Å². The van der Waals surface area contributed by atoms with E-state index in [1.165, 1.54) is 49.7 Å². The number of hydrogen-bond donors (Lipinski definition) is 2. The van der Waals surface area contributed by atoms with Crippen LogP contribution in [-0.2, 0) is 24.8 Å². The van der Waals surface area contributed by atoms with E-state index >= 15 is 0 Å². The van der Waals surface area contributed by atoms with Crippen LogP contribution < -0.4 is 14.2 Å². The Kier molecular flexibility index (Phi) is 5.44. The summed E-state index contributed by atoms with van der Waals surface area (Å²) in [4.78, 5) is 14.9. The molecule has 0 aliphatic carbocycles. The smallest absolute Gasteiger partial charge is 0.264 e. The van der Waals surface area contributed by atoms with Crippen molar-refractivity contribution in [3.8, 4) is 5.75 Å². The van der Waals surface area contributed by atoms with Gasteiger partial charge in [-0.05, 0) is 48.5 Å². The highest BCUT2D eigenvalue weighted by molar-refractivity contribution is 7.93. The number of pyridine rings is 1. The van der Waals surface area contributed by atoms with Gasteiger partial charge in [-0.25, -0.2) is 21.6 Å². The number of ether oxygens (including phenoxy) is 1. The summed E-state index contributed by atoms with van der Waals surface area (Å²) in [6.45, 7) is 1.08. The Bertz CT molecular complexity index is 1290. The molecule has 29 heavy (non-hydrogen) atoms. The molecule has 1 aromatic heterocycles. The number of methoxy groups -OCH3 is 1. The average Bonchev–Trinajstić information content (AvgIpc) is 2.66. The van der Waals surface area contributed by atoms with E-state index in [1.807, 2.05) is 4.72 Å². The largest absolute Gasteiger partial charge is 0.496 e. The second-order valence-electron chi connectivity index (χ2n) is 5.96. The highest BCUT2D eigenvalue weighted by Crippen LogP contribution is 2.30. The third-order valence-corrected chi connectivity index (χ3v) is 6.76. The Labute approximate surface area is 167 Å². The van der Waals surface area contributed by atoms with Gasteiger partial charge in [-0.15, -0.1) is 0 Å². The number of nitrogens with zero attached hydrogens (tertiary/aromatic N) is 1. The zero-order valence-corrected chi connectivity index (χ0v) is 17.0. The van der Waals surface area contributed by atoms with Gasteiger partial charge in [0.05, 0.1) is 17.5 Å². The van der Waals surface area contributed by atoms with E-state index < -0.39 is 26.0 Å². The molecule has 0 saturated heterocycles. The van der Waals surface area contributed by atoms with Gasteiger partial charge < -0.3 is 4.74 Å². The Morgan fingerprint density at radius 1 is 0.966 bits per heavy atom. The van der Waals surface area contributed by atoms with Crippen LogP contribution in [0, 0.1) is 0 Å². The third-order valence-electron chi connectivity index (χ3n) is 3.90. The molecule has 0 atom stereocenters. The van der Waals surface area contributed by atoms with Crippen LogP contribution >= 0.6 is 0 Å². The molecule has 1 heterocycles. The average molecular weight is 435 g/mol. The van der Waals surface area contributed by atoms with Crippen molar-refractivity contribution in [1.82, 2.24) is 9.71 Å². The number of carbonyl (C=O) groups excluding carboxylic acids is 1. The Morgan fingerprint density at radius 2 is 1.66 bits per heavy atom. The number of amides is 1. The number of nitrogens with one attached hydrogen (secondary N) is 2. The maximum atomic E-state index is 12.9. The molecule has 152 valence electrons. The van der Waals surface area contributed by atoms with Crippen molar-refractivity contribution >= 4 is 42.5 Å². The minimum Gasteiger partial charge on any atom is -0.496 e. The topological polar surface area (TPSA) is 132 Å². The molecular formula is C18H17N3O6S2. The van der Waals surface area contributed by atoms with Gasteiger partial charge in [-0.2, -0.15) is 0 Å². The molecule has 0 unspecified atom stereocenters. The molecule has 3 aromatic rings. The van der Waals surface area contributed by atoms with E-state index in [9.17, 15) is 21.6 Å². The highest BCUT2D eigenvalue weighted by Gasteiger charge is 2.21. The summed E-state index contributed by atoms with van der Waals surface area (Å²) in [6.07, 6.45) is 1.47. The number of anilines is 1. The lowest BCUT2D eigenvalue weighted by Crippen LogP contribution is -2.28. The summed E-state index contributed by atoms with van der Waals surface area (Å²) in [5.41, 5.74) is 0.385. The van der Waals surface area contributed by atoms with Crippen LogP contribution in [0.5, 0.6) is 5.75 Å². The SMILES string of the molecule is COc1ccc(S(=O)(=O)Nc2ccc(S(=O)(=O)NC(C)=O)cc2)c2ncccc12. The predicted molar refractivity (Wildman–Crippen MR) is 107 cm³/mol. The first-order valence-corrected chi connectivity index (χ1v) is 11.2. The molecular weight excluding hydrogens is 418 g/mol. The number of benzene rings is 2. The summed E-state index contributed by atoms with van der Waals surface area (Å²) in [5, 5.41) is 0.537. The Balaban J connectivity index is 1.95. The predicted octanol–water partition coefficient (Wildman–Crippen LogP) is 1.87. The summed E-state index contributed by atoms with van der Waals surface area (Å²) in [5.74, 6) is -0.242. The quantitative estimate of drug-likeness (QED) is 0.604. The first-order chi connectivity index (χ1) is 13.6. The Hall–Kier alpha value is -3.18. The van der Waals surface area contributed by atoms with E-state index in [0.29, 0.717) is 11.1 Å². The molecule has 3 rings (SSSR count). The molecule has 11 heteroatoms.